The molecule has 0 saturated heterocycles. The van der Waals surface area contributed by atoms with Crippen molar-refractivity contribution < 1.29 is 80.2 Å². The maximum Gasteiger partial charge on any atom is 0.472 e. The van der Waals surface area contributed by atoms with Crippen LogP contribution in [-0.2, 0) is 65.4 Å². The molecule has 0 aromatic rings. The van der Waals surface area contributed by atoms with Crippen LogP contribution in [0.5, 0.6) is 0 Å². The molecule has 0 aromatic heterocycles. The van der Waals surface area contributed by atoms with Gasteiger partial charge in [-0.1, -0.05) is 369 Å². The first-order valence-corrected chi connectivity index (χ1v) is 44.1. The summed E-state index contributed by atoms with van der Waals surface area (Å²) in [4.78, 5) is 73.0. The van der Waals surface area contributed by atoms with Crippen molar-refractivity contribution in [2.24, 2.45) is 5.92 Å². The number of ether oxygens (including phenoxy) is 4. The minimum Gasteiger partial charge on any atom is -0.462 e. The fraction of sp³-hybridized carbons (Fsp3) is 0.949. The van der Waals surface area contributed by atoms with Crippen molar-refractivity contribution >= 4 is 39.5 Å². The van der Waals surface area contributed by atoms with Crippen LogP contribution < -0.4 is 0 Å². The van der Waals surface area contributed by atoms with Crippen LogP contribution in [0.15, 0.2) is 0 Å². The highest BCUT2D eigenvalue weighted by molar-refractivity contribution is 7.47. The summed E-state index contributed by atoms with van der Waals surface area (Å²) in [6, 6.07) is 0. The molecule has 0 aliphatic heterocycles. The van der Waals surface area contributed by atoms with Crippen LogP contribution in [0.3, 0.4) is 0 Å². The quantitative estimate of drug-likeness (QED) is 0.0222. The van der Waals surface area contributed by atoms with Gasteiger partial charge in [0.05, 0.1) is 26.4 Å². The highest BCUT2D eigenvalue weighted by atomic mass is 31.2. The average molecular weight is 1440 g/mol. The van der Waals surface area contributed by atoms with Gasteiger partial charge in [-0.15, -0.1) is 0 Å². The van der Waals surface area contributed by atoms with Crippen molar-refractivity contribution in [2.45, 2.75) is 438 Å². The van der Waals surface area contributed by atoms with Gasteiger partial charge in [-0.25, -0.2) is 9.13 Å². The molecule has 0 saturated carbocycles. The van der Waals surface area contributed by atoms with E-state index in [-0.39, 0.29) is 25.7 Å². The highest BCUT2D eigenvalue weighted by Gasteiger charge is 2.30. The Labute approximate surface area is 600 Å². The number of rotatable bonds is 79. The second-order valence-electron chi connectivity index (χ2n) is 28.9. The molecule has 0 aliphatic carbocycles. The Bertz CT molecular complexity index is 1870. The van der Waals surface area contributed by atoms with Gasteiger partial charge in [0, 0.05) is 25.7 Å². The molecule has 0 fully saturated rings. The predicted octanol–water partition coefficient (Wildman–Crippen LogP) is 23.6. The average Bonchev–Trinajstić information content (AvgIpc) is 1.18. The maximum absolute atomic E-state index is 13.1. The summed E-state index contributed by atoms with van der Waals surface area (Å²) in [7, 11) is -9.92. The lowest BCUT2D eigenvalue weighted by Gasteiger charge is -2.21. The van der Waals surface area contributed by atoms with Crippen molar-refractivity contribution in [1.82, 2.24) is 0 Å². The predicted molar refractivity (Wildman–Crippen MR) is 400 cm³/mol. The second kappa shape index (κ2) is 72.0. The Morgan fingerprint density at radius 1 is 0.276 bits per heavy atom. The lowest BCUT2D eigenvalue weighted by molar-refractivity contribution is -0.161. The monoisotopic (exact) mass is 1440 g/mol. The van der Waals surface area contributed by atoms with Crippen LogP contribution in [0.2, 0.25) is 0 Å². The third kappa shape index (κ3) is 72.4. The van der Waals surface area contributed by atoms with E-state index in [0.29, 0.717) is 25.7 Å². The van der Waals surface area contributed by atoms with Crippen LogP contribution in [0.4, 0.5) is 0 Å². The van der Waals surface area contributed by atoms with E-state index in [1.807, 2.05) is 0 Å². The molecule has 2 unspecified atom stereocenters. The summed E-state index contributed by atoms with van der Waals surface area (Å²) < 4.78 is 68.7. The number of unbranched alkanes of at least 4 members (excludes halogenated alkanes) is 51. The van der Waals surface area contributed by atoms with E-state index in [1.54, 1.807) is 0 Å². The third-order valence-corrected chi connectivity index (χ3v) is 20.4. The lowest BCUT2D eigenvalue weighted by atomic mass is 10.0. The summed E-state index contributed by atoms with van der Waals surface area (Å²) in [6.45, 7) is 7.34. The molecule has 5 atom stereocenters. The van der Waals surface area contributed by atoms with Gasteiger partial charge in [-0.3, -0.25) is 37.3 Å². The SMILES string of the molecule is CCCCCCCCCCCCCCCCCCCC(=O)O[C@H](COC(=O)CCCCCCCCCCCCCCC(C)C)COP(=O)(O)OC[C@@H](O)COP(=O)(O)OC[C@@H](COC(=O)CCCCCCCCCCCCC)OC(=O)CCCCCCCCCCCCCCCCC. The van der Waals surface area contributed by atoms with Crippen LogP contribution >= 0.6 is 15.6 Å². The van der Waals surface area contributed by atoms with Crippen molar-refractivity contribution in [3.8, 4) is 0 Å². The molecule has 0 bridgehead atoms. The molecule has 582 valence electrons. The molecule has 19 heteroatoms. The Kier molecular flexibility index (Phi) is 70.6. The van der Waals surface area contributed by atoms with E-state index in [9.17, 15) is 43.2 Å². The van der Waals surface area contributed by atoms with Gasteiger partial charge in [0.25, 0.3) is 0 Å². The summed E-state index contributed by atoms with van der Waals surface area (Å²) in [5.74, 6) is -1.32. The van der Waals surface area contributed by atoms with Crippen molar-refractivity contribution in [2.75, 3.05) is 39.6 Å². The van der Waals surface area contributed by atoms with Gasteiger partial charge in [0.15, 0.2) is 12.2 Å². The molecule has 0 radical (unpaired) electrons. The first kappa shape index (κ1) is 96.1. The molecule has 3 N–H and O–H groups in total. The molecule has 0 rings (SSSR count). The zero-order valence-corrected chi connectivity index (χ0v) is 65.7. The normalized spacial score (nSPS) is 13.9. The van der Waals surface area contributed by atoms with Gasteiger partial charge in [0.1, 0.15) is 19.3 Å². The van der Waals surface area contributed by atoms with Gasteiger partial charge in [0.2, 0.25) is 0 Å². The minimum absolute atomic E-state index is 0.109. The number of phosphoric acid groups is 2. The second-order valence-corrected chi connectivity index (χ2v) is 31.8. The fourth-order valence-corrected chi connectivity index (χ4v) is 13.8. The molecule has 0 heterocycles. The summed E-state index contributed by atoms with van der Waals surface area (Å²) >= 11 is 0. The molecular weight excluding hydrogens is 1280 g/mol. The van der Waals surface area contributed by atoms with E-state index < -0.39 is 97.5 Å². The number of phosphoric ester groups is 2. The number of carbonyl (C=O) groups excluding carboxylic acids is 4. The summed E-state index contributed by atoms with van der Waals surface area (Å²) in [5, 5.41) is 10.6. The third-order valence-electron chi connectivity index (χ3n) is 18.5. The van der Waals surface area contributed by atoms with E-state index >= 15 is 0 Å². The maximum atomic E-state index is 13.1. The van der Waals surface area contributed by atoms with Crippen LogP contribution in [-0.4, -0.2) is 96.7 Å². The molecule has 17 nitrogen and oxygen atoms in total. The molecule has 98 heavy (non-hydrogen) atoms. The van der Waals surface area contributed by atoms with Gasteiger partial charge >= 0.3 is 39.5 Å². The number of aliphatic hydroxyl groups excluding tert-OH is 1. The van der Waals surface area contributed by atoms with Gasteiger partial charge in [-0.05, 0) is 31.6 Å². The number of esters is 4. The number of hydrogen-bond acceptors (Lipinski definition) is 15. The van der Waals surface area contributed by atoms with E-state index in [1.165, 1.54) is 244 Å². The van der Waals surface area contributed by atoms with Crippen molar-refractivity contribution in [3.63, 3.8) is 0 Å². The minimum atomic E-state index is -4.96. The smallest absolute Gasteiger partial charge is 0.462 e. The number of hydrogen-bond donors (Lipinski definition) is 3. The Morgan fingerprint density at radius 3 is 0.694 bits per heavy atom. The van der Waals surface area contributed by atoms with Gasteiger partial charge in [-0.2, -0.15) is 0 Å². The molecule has 0 aliphatic rings. The molecule has 0 spiro atoms. The van der Waals surface area contributed by atoms with Crippen molar-refractivity contribution in [3.05, 3.63) is 0 Å². The van der Waals surface area contributed by atoms with E-state index in [0.717, 1.165) is 95.8 Å². The van der Waals surface area contributed by atoms with Crippen LogP contribution in [0.25, 0.3) is 0 Å². The van der Waals surface area contributed by atoms with E-state index in [2.05, 4.69) is 34.6 Å². The van der Waals surface area contributed by atoms with Crippen molar-refractivity contribution in [1.29, 1.82) is 0 Å². The topological polar surface area (TPSA) is 237 Å². The lowest BCUT2D eigenvalue weighted by Crippen LogP contribution is -2.30. The first-order valence-electron chi connectivity index (χ1n) is 41.1. The molecule has 0 aromatic carbocycles. The standard InChI is InChI=1S/C79H154O17P2/c1-6-9-12-15-18-21-24-26-28-29-31-33-40-45-50-55-60-65-79(84)96-75(69-90-77(82)63-58-53-48-43-38-35-34-37-41-46-51-56-61-72(4)5)71-94-98(87,88)92-67-73(80)66-91-97(85,86)93-70-74(68-89-76(81)62-57-52-47-42-36-23-20-17-14-11-8-3)95-78(83)64-59-54-49-44-39-32-30-27-25-22-19-16-13-10-7-2/h72-75,80H,6-71H2,1-5H3,(H,85,86)(H,87,88)/t73-,74+,75+/m0/s1. The highest BCUT2D eigenvalue weighted by Crippen LogP contribution is 2.45. The largest absolute Gasteiger partial charge is 0.472 e. The zero-order valence-electron chi connectivity index (χ0n) is 63.9. The van der Waals surface area contributed by atoms with Crippen LogP contribution in [0, 0.1) is 5.92 Å². The Morgan fingerprint density at radius 2 is 0.469 bits per heavy atom. The van der Waals surface area contributed by atoms with Gasteiger partial charge < -0.3 is 33.8 Å². The summed E-state index contributed by atoms with van der Waals surface area (Å²) in [6.07, 6.45) is 62.2. The Balaban J connectivity index is 5.25. The number of carbonyl (C=O) groups is 4. The summed E-state index contributed by atoms with van der Waals surface area (Å²) in [5.41, 5.74) is 0. The zero-order chi connectivity index (χ0) is 71.9. The Hall–Kier alpha value is -1.94. The first-order chi connectivity index (χ1) is 47.5. The molecule has 0 amide bonds. The van der Waals surface area contributed by atoms with Crippen LogP contribution in [0.1, 0.15) is 420 Å². The number of aliphatic hydroxyl groups is 1. The van der Waals surface area contributed by atoms with E-state index in [4.69, 9.17) is 37.0 Å². The molecular formula is C79H154O17P2. The fourth-order valence-electron chi connectivity index (χ4n) is 12.2.